The predicted molar refractivity (Wildman–Crippen MR) is 114 cm³/mol. The Morgan fingerprint density at radius 3 is 2.28 bits per heavy atom. The van der Waals surface area contributed by atoms with Crippen LogP contribution >= 0.6 is 0 Å². The third-order valence-corrected chi connectivity index (χ3v) is 4.32. The van der Waals surface area contributed by atoms with Crippen molar-refractivity contribution in [2.75, 3.05) is 11.9 Å². The van der Waals surface area contributed by atoms with Crippen molar-refractivity contribution < 1.29 is 33.1 Å². The van der Waals surface area contributed by atoms with E-state index in [2.05, 4.69) is 5.32 Å². The van der Waals surface area contributed by atoms with Gasteiger partial charge in [0.25, 0.3) is 0 Å². The molecule has 32 heavy (non-hydrogen) atoms. The van der Waals surface area contributed by atoms with Crippen molar-refractivity contribution in [1.29, 1.82) is 0 Å². The van der Waals surface area contributed by atoms with Gasteiger partial charge in [0.05, 0.1) is 6.26 Å². The highest BCUT2D eigenvalue weighted by Gasteiger charge is 2.14. The molecular formula is C24H21NO7. The number of nitrogens with one attached hydrogen (secondary N) is 1. The normalized spacial score (nSPS) is 10.2. The zero-order valence-electron chi connectivity index (χ0n) is 17.1. The lowest BCUT2D eigenvalue weighted by molar-refractivity contribution is -0.142. The fraction of sp³-hybridized carbons (Fsp3) is 0.167. The minimum Gasteiger partial charge on any atom is -0.457 e. The standard InChI is InChI=1S/C24H21NO7/c26-20(17-11-13-19(14-12-17)32-24(29)21-8-5-15-30-21)16-31-23(28)10-4-9-22(27)25-18-6-2-1-3-7-18/h1-3,5-8,11-15H,4,9-10,16H2,(H,25,27). The van der Waals surface area contributed by atoms with Crippen LogP contribution in [0.15, 0.2) is 77.4 Å². The molecule has 3 aromatic rings. The summed E-state index contributed by atoms with van der Waals surface area (Å²) in [5, 5.41) is 2.73. The molecule has 1 aromatic heterocycles. The number of hydrogen-bond acceptors (Lipinski definition) is 7. The van der Waals surface area contributed by atoms with Crippen molar-refractivity contribution in [3.05, 3.63) is 84.3 Å². The lowest BCUT2D eigenvalue weighted by atomic mass is 10.1. The molecule has 1 N–H and O–H groups in total. The summed E-state index contributed by atoms with van der Waals surface area (Å²) in [6, 6.07) is 17.9. The summed E-state index contributed by atoms with van der Waals surface area (Å²) < 4.78 is 15.1. The van der Waals surface area contributed by atoms with E-state index in [-0.39, 0.29) is 30.3 Å². The maximum absolute atomic E-state index is 12.2. The maximum atomic E-state index is 12.2. The van der Waals surface area contributed by atoms with Gasteiger partial charge in [-0.05, 0) is 55.0 Å². The Bertz CT molecular complexity index is 1060. The van der Waals surface area contributed by atoms with Gasteiger partial charge in [0.2, 0.25) is 11.7 Å². The molecule has 0 aliphatic carbocycles. The van der Waals surface area contributed by atoms with Crippen LogP contribution in [-0.4, -0.2) is 30.2 Å². The lowest BCUT2D eigenvalue weighted by Crippen LogP contribution is -2.15. The molecular weight excluding hydrogens is 414 g/mol. The minimum atomic E-state index is -0.652. The summed E-state index contributed by atoms with van der Waals surface area (Å²) in [6.07, 6.45) is 1.86. The Kier molecular flexibility index (Phi) is 7.91. The number of ether oxygens (including phenoxy) is 2. The van der Waals surface area contributed by atoms with Crippen LogP contribution in [0.25, 0.3) is 0 Å². The van der Waals surface area contributed by atoms with Gasteiger partial charge in [0.15, 0.2) is 12.4 Å². The average Bonchev–Trinajstić information content (AvgIpc) is 3.34. The molecule has 0 radical (unpaired) electrons. The van der Waals surface area contributed by atoms with Gasteiger partial charge in [-0.3, -0.25) is 14.4 Å². The molecule has 0 atom stereocenters. The zero-order valence-corrected chi connectivity index (χ0v) is 17.1. The maximum Gasteiger partial charge on any atom is 0.379 e. The van der Waals surface area contributed by atoms with E-state index < -0.39 is 24.3 Å². The molecule has 0 spiro atoms. The smallest absolute Gasteiger partial charge is 0.379 e. The fourth-order valence-corrected chi connectivity index (χ4v) is 2.70. The fourth-order valence-electron chi connectivity index (χ4n) is 2.70. The monoisotopic (exact) mass is 435 g/mol. The van der Waals surface area contributed by atoms with E-state index in [4.69, 9.17) is 13.9 Å². The highest BCUT2D eigenvalue weighted by molar-refractivity contribution is 5.98. The Morgan fingerprint density at radius 1 is 0.844 bits per heavy atom. The van der Waals surface area contributed by atoms with Crippen LogP contribution in [0.3, 0.4) is 0 Å². The van der Waals surface area contributed by atoms with E-state index in [9.17, 15) is 19.2 Å². The largest absolute Gasteiger partial charge is 0.457 e. The summed E-state index contributed by atoms with van der Waals surface area (Å²) in [4.78, 5) is 47.7. The van der Waals surface area contributed by atoms with E-state index >= 15 is 0 Å². The van der Waals surface area contributed by atoms with Crippen LogP contribution in [0.1, 0.15) is 40.2 Å². The number of hydrogen-bond donors (Lipinski definition) is 1. The van der Waals surface area contributed by atoms with Crippen LogP contribution in [-0.2, 0) is 14.3 Å². The van der Waals surface area contributed by atoms with Gasteiger partial charge >= 0.3 is 11.9 Å². The summed E-state index contributed by atoms with van der Waals surface area (Å²) >= 11 is 0. The van der Waals surface area contributed by atoms with Crippen LogP contribution in [0.5, 0.6) is 5.75 Å². The van der Waals surface area contributed by atoms with Crippen LogP contribution < -0.4 is 10.1 Å². The number of benzene rings is 2. The first-order valence-corrected chi connectivity index (χ1v) is 9.91. The first kappa shape index (κ1) is 22.5. The van der Waals surface area contributed by atoms with Gasteiger partial charge in [-0.1, -0.05) is 18.2 Å². The second kappa shape index (κ2) is 11.3. The van der Waals surface area contributed by atoms with E-state index in [0.29, 0.717) is 17.7 Å². The van der Waals surface area contributed by atoms with Crippen LogP contribution in [0.4, 0.5) is 5.69 Å². The Labute approximate surface area is 184 Å². The first-order valence-electron chi connectivity index (χ1n) is 9.91. The molecule has 1 amide bonds. The SMILES string of the molecule is O=C(CCCC(=O)OCC(=O)c1ccc(OC(=O)c2ccco2)cc1)Nc1ccccc1. The molecule has 8 heteroatoms. The number of furan rings is 1. The van der Waals surface area contributed by atoms with Crippen molar-refractivity contribution in [1.82, 2.24) is 0 Å². The van der Waals surface area contributed by atoms with Gasteiger partial charge in [0, 0.05) is 24.1 Å². The Morgan fingerprint density at radius 2 is 1.59 bits per heavy atom. The molecule has 0 saturated carbocycles. The van der Waals surface area contributed by atoms with Crippen molar-refractivity contribution >= 4 is 29.3 Å². The second-order valence-corrected chi connectivity index (χ2v) is 6.74. The molecule has 3 rings (SSSR count). The second-order valence-electron chi connectivity index (χ2n) is 6.74. The van der Waals surface area contributed by atoms with Gasteiger partial charge in [-0.25, -0.2) is 4.79 Å². The van der Waals surface area contributed by atoms with Crippen molar-refractivity contribution in [2.45, 2.75) is 19.3 Å². The average molecular weight is 435 g/mol. The number of amides is 1. The summed E-state index contributed by atoms with van der Waals surface area (Å²) in [5.41, 5.74) is 0.991. The summed E-state index contributed by atoms with van der Waals surface area (Å²) in [5.74, 6) is -1.50. The molecule has 8 nitrogen and oxygen atoms in total. The van der Waals surface area contributed by atoms with Crippen molar-refractivity contribution in [3.8, 4) is 5.75 Å². The number of para-hydroxylation sites is 1. The molecule has 0 aliphatic heterocycles. The topological polar surface area (TPSA) is 112 Å². The quantitative estimate of drug-likeness (QED) is 0.291. The third kappa shape index (κ3) is 6.94. The van der Waals surface area contributed by atoms with E-state index in [1.54, 1.807) is 18.2 Å². The number of rotatable bonds is 10. The molecule has 1 heterocycles. The summed E-state index contributed by atoms with van der Waals surface area (Å²) in [6.45, 7) is -0.416. The van der Waals surface area contributed by atoms with Crippen molar-refractivity contribution in [2.24, 2.45) is 0 Å². The number of ketones is 1. The van der Waals surface area contributed by atoms with Crippen LogP contribution in [0.2, 0.25) is 0 Å². The number of esters is 2. The Hall–Kier alpha value is -4.20. The van der Waals surface area contributed by atoms with Gasteiger partial charge in [0.1, 0.15) is 5.75 Å². The van der Waals surface area contributed by atoms with Gasteiger partial charge < -0.3 is 19.2 Å². The van der Waals surface area contributed by atoms with Crippen molar-refractivity contribution in [3.63, 3.8) is 0 Å². The predicted octanol–water partition coefficient (Wildman–Crippen LogP) is 4.03. The van der Waals surface area contributed by atoms with E-state index in [1.807, 2.05) is 18.2 Å². The molecule has 164 valence electrons. The summed E-state index contributed by atoms with van der Waals surface area (Å²) in [7, 11) is 0. The third-order valence-electron chi connectivity index (χ3n) is 4.32. The number of Topliss-reactive ketones (excluding diaryl/α,β-unsaturated/α-hetero) is 1. The zero-order chi connectivity index (χ0) is 22.8. The number of carbonyl (C=O) groups is 4. The minimum absolute atomic E-state index is 0.0250. The first-order chi connectivity index (χ1) is 15.5. The number of carbonyl (C=O) groups excluding carboxylic acids is 4. The van der Waals surface area contributed by atoms with E-state index in [1.165, 1.54) is 36.6 Å². The Balaban J connectivity index is 1.36. The lowest BCUT2D eigenvalue weighted by Gasteiger charge is -2.07. The molecule has 2 aromatic carbocycles. The van der Waals surface area contributed by atoms with Gasteiger partial charge in [-0.15, -0.1) is 0 Å². The molecule has 0 saturated heterocycles. The van der Waals surface area contributed by atoms with Gasteiger partial charge in [-0.2, -0.15) is 0 Å². The highest BCUT2D eigenvalue weighted by atomic mass is 16.5. The molecule has 0 fully saturated rings. The molecule has 0 aliphatic rings. The van der Waals surface area contributed by atoms with Crippen LogP contribution in [0, 0.1) is 0 Å². The highest BCUT2D eigenvalue weighted by Crippen LogP contribution is 2.15. The molecule has 0 bridgehead atoms. The number of anilines is 1. The van der Waals surface area contributed by atoms with E-state index in [0.717, 1.165) is 0 Å². The molecule has 0 unspecified atom stereocenters.